The van der Waals surface area contributed by atoms with Crippen LogP contribution in [0.2, 0.25) is 0 Å². The van der Waals surface area contributed by atoms with Crippen molar-refractivity contribution in [3.05, 3.63) is 11.7 Å². The van der Waals surface area contributed by atoms with Crippen LogP contribution < -0.4 is 0 Å². The number of piperidine rings is 1. The Labute approximate surface area is 118 Å². The highest BCUT2D eigenvalue weighted by Gasteiger charge is 2.40. The number of hydrogen-bond donors (Lipinski definition) is 0. The van der Waals surface area contributed by atoms with Crippen LogP contribution in [0, 0.1) is 5.92 Å². The number of carbonyl (C=O) groups excluding carboxylic acids is 1. The van der Waals surface area contributed by atoms with Crippen LogP contribution >= 0.6 is 0 Å². The number of aromatic nitrogens is 2. The largest absolute Gasteiger partial charge is 0.339 e. The van der Waals surface area contributed by atoms with Crippen molar-refractivity contribution in [1.29, 1.82) is 0 Å². The first-order chi connectivity index (χ1) is 9.70. The Bertz CT molecular complexity index is 509. The van der Waals surface area contributed by atoms with E-state index in [0.29, 0.717) is 30.3 Å². The molecule has 5 heteroatoms. The van der Waals surface area contributed by atoms with E-state index in [2.05, 4.69) is 22.1 Å². The molecule has 3 heterocycles. The molecule has 0 spiro atoms. The summed E-state index contributed by atoms with van der Waals surface area (Å²) in [6, 6.07) is 1.35. The van der Waals surface area contributed by atoms with Gasteiger partial charge in [-0.2, -0.15) is 4.98 Å². The SMILES string of the molecule is CN1C2CCC1CC(c1noc(CC(=O)C3CC3)n1)C2. The van der Waals surface area contributed by atoms with Crippen molar-refractivity contribution in [2.24, 2.45) is 5.92 Å². The fraction of sp³-hybridized carbons (Fsp3) is 0.800. The zero-order valence-electron chi connectivity index (χ0n) is 11.9. The normalized spacial score (nSPS) is 33.5. The predicted octanol–water partition coefficient (Wildman–Crippen LogP) is 1.93. The lowest BCUT2D eigenvalue weighted by molar-refractivity contribution is -0.119. The van der Waals surface area contributed by atoms with E-state index in [1.54, 1.807) is 0 Å². The molecular weight excluding hydrogens is 254 g/mol. The van der Waals surface area contributed by atoms with Gasteiger partial charge < -0.3 is 9.42 Å². The molecule has 3 fully saturated rings. The average molecular weight is 275 g/mol. The van der Waals surface area contributed by atoms with Crippen molar-refractivity contribution >= 4 is 5.78 Å². The number of rotatable bonds is 4. The third kappa shape index (κ3) is 2.18. The molecule has 5 nitrogen and oxygen atoms in total. The molecule has 4 rings (SSSR count). The molecule has 108 valence electrons. The molecule has 0 radical (unpaired) electrons. The smallest absolute Gasteiger partial charge is 0.234 e. The zero-order valence-corrected chi connectivity index (χ0v) is 11.9. The monoisotopic (exact) mass is 275 g/mol. The molecule has 2 aliphatic heterocycles. The lowest BCUT2D eigenvalue weighted by Crippen LogP contribution is -2.39. The minimum atomic E-state index is 0.267. The molecule has 1 aromatic rings. The molecule has 1 aromatic heterocycles. The van der Waals surface area contributed by atoms with Crippen molar-refractivity contribution < 1.29 is 9.32 Å². The molecule has 2 bridgehead atoms. The topological polar surface area (TPSA) is 59.2 Å². The second kappa shape index (κ2) is 4.65. The number of fused-ring (bicyclic) bond motifs is 2. The fourth-order valence-electron chi connectivity index (χ4n) is 3.83. The van der Waals surface area contributed by atoms with Gasteiger partial charge in [0.05, 0.1) is 6.42 Å². The Hall–Kier alpha value is -1.23. The minimum absolute atomic E-state index is 0.267. The number of nitrogens with zero attached hydrogens (tertiary/aromatic N) is 3. The van der Waals surface area contributed by atoms with Gasteiger partial charge in [-0.15, -0.1) is 0 Å². The van der Waals surface area contributed by atoms with Gasteiger partial charge in [-0.25, -0.2) is 0 Å². The minimum Gasteiger partial charge on any atom is -0.339 e. The number of hydrogen-bond acceptors (Lipinski definition) is 5. The van der Waals surface area contributed by atoms with Gasteiger partial charge in [0.25, 0.3) is 0 Å². The molecule has 20 heavy (non-hydrogen) atoms. The van der Waals surface area contributed by atoms with E-state index in [1.807, 2.05) is 0 Å². The predicted molar refractivity (Wildman–Crippen MR) is 72.3 cm³/mol. The van der Waals surface area contributed by atoms with Gasteiger partial charge in [-0.1, -0.05) is 5.16 Å². The Balaban J connectivity index is 1.44. The van der Waals surface area contributed by atoms with Gasteiger partial charge in [0, 0.05) is 23.9 Å². The molecular formula is C15H21N3O2. The lowest BCUT2D eigenvalue weighted by atomic mass is 9.90. The van der Waals surface area contributed by atoms with Gasteiger partial charge in [-0.3, -0.25) is 4.79 Å². The van der Waals surface area contributed by atoms with E-state index < -0.39 is 0 Å². The summed E-state index contributed by atoms with van der Waals surface area (Å²) in [6.07, 6.45) is 7.25. The molecule has 0 aromatic carbocycles. The van der Waals surface area contributed by atoms with Gasteiger partial charge in [0.15, 0.2) is 5.82 Å². The molecule has 0 amide bonds. The molecule has 2 saturated heterocycles. The van der Waals surface area contributed by atoms with Gasteiger partial charge in [-0.05, 0) is 45.6 Å². The average Bonchev–Trinajstić information content (AvgIpc) is 3.16. The van der Waals surface area contributed by atoms with Crippen molar-refractivity contribution in [2.75, 3.05) is 7.05 Å². The van der Waals surface area contributed by atoms with Crippen LogP contribution in [0.1, 0.15) is 56.2 Å². The third-order valence-electron chi connectivity index (χ3n) is 5.31. The van der Waals surface area contributed by atoms with Crippen molar-refractivity contribution in [2.45, 2.75) is 62.9 Å². The van der Waals surface area contributed by atoms with Crippen LogP contribution in [0.4, 0.5) is 0 Å². The highest BCUT2D eigenvalue weighted by Crippen LogP contribution is 2.41. The van der Waals surface area contributed by atoms with E-state index in [0.717, 1.165) is 31.5 Å². The second-order valence-electron chi connectivity index (χ2n) is 6.68. The summed E-state index contributed by atoms with van der Waals surface area (Å²) in [5.41, 5.74) is 0. The van der Waals surface area contributed by atoms with Crippen LogP contribution in [0.3, 0.4) is 0 Å². The van der Waals surface area contributed by atoms with E-state index in [-0.39, 0.29) is 11.7 Å². The Morgan fingerprint density at radius 1 is 1.25 bits per heavy atom. The van der Waals surface area contributed by atoms with E-state index >= 15 is 0 Å². The molecule has 1 saturated carbocycles. The summed E-state index contributed by atoms with van der Waals surface area (Å²) in [5.74, 6) is 2.29. The maximum Gasteiger partial charge on any atom is 0.234 e. The summed E-state index contributed by atoms with van der Waals surface area (Å²) in [7, 11) is 2.23. The third-order valence-corrected chi connectivity index (χ3v) is 5.31. The molecule has 0 N–H and O–H groups in total. The first kappa shape index (κ1) is 12.5. The molecule has 2 unspecified atom stereocenters. The summed E-state index contributed by atoms with van der Waals surface area (Å²) < 4.78 is 5.29. The van der Waals surface area contributed by atoms with Gasteiger partial charge >= 0.3 is 0 Å². The maximum atomic E-state index is 11.8. The van der Waals surface area contributed by atoms with Crippen molar-refractivity contribution in [3.63, 3.8) is 0 Å². The van der Waals surface area contributed by atoms with E-state index in [4.69, 9.17) is 4.52 Å². The van der Waals surface area contributed by atoms with Crippen molar-refractivity contribution in [1.82, 2.24) is 15.0 Å². The summed E-state index contributed by atoms with van der Waals surface area (Å²) in [4.78, 5) is 18.8. The van der Waals surface area contributed by atoms with E-state index in [1.165, 1.54) is 12.8 Å². The quantitative estimate of drug-likeness (QED) is 0.840. The summed E-state index contributed by atoms with van der Waals surface area (Å²) >= 11 is 0. The zero-order chi connectivity index (χ0) is 13.7. The Kier molecular flexibility index (Phi) is 2.91. The van der Waals surface area contributed by atoms with E-state index in [9.17, 15) is 4.79 Å². The highest BCUT2D eigenvalue weighted by atomic mass is 16.5. The maximum absolute atomic E-state index is 11.8. The van der Waals surface area contributed by atoms with Crippen LogP contribution in [0.25, 0.3) is 0 Å². The van der Waals surface area contributed by atoms with Crippen LogP contribution in [-0.4, -0.2) is 40.0 Å². The van der Waals surface area contributed by atoms with Crippen LogP contribution in [0.15, 0.2) is 4.52 Å². The Morgan fingerprint density at radius 2 is 1.95 bits per heavy atom. The second-order valence-corrected chi connectivity index (χ2v) is 6.68. The standard InChI is InChI=1S/C15H21N3O2/c1-18-11-4-5-12(18)7-10(6-11)15-16-14(20-17-15)8-13(19)9-2-3-9/h9-12H,2-8H2,1H3. The summed E-state index contributed by atoms with van der Waals surface area (Å²) in [5, 5.41) is 4.14. The molecule has 2 atom stereocenters. The molecule has 1 aliphatic carbocycles. The number of ketones is 1. The molecule has 3 aliphatic rings. The first-order valence-corrected chi connectivity index (χ1v) is 7.78. The Morgan fingerprint density at radius 3 is 2.60 bits per heavy atom. The fourth-order valence-corrected chi connectivity index (χ4v) is 3.83. The van der Waals surface area contributed by atoms with Crippen LogP contribution in [0.5, 0.6) is 0 Å². The summed E-state index contributed by atoms with van der Waals surface area (Å²) in [6.45, 7) is 0. The van der Waals surface area contributed by atoms with Crippen LogP contribution in [-0.2, 0) is 11.2 Å². The number of Topliss-reactive ketones (excluding diaryl/α,β-unsaturated/α-hetero) is 1. The van der Waals surface area contributed by atoms with Gasteiger partial charge in [0.1, 0.15) is 5.78 Å². The van der Waals surface area contributed by atoms with Gasteiger partial charge in [0.2, 0.25) is 5.89 Å². The highest BCUT2D eigenvalue weighted by molar-refractivity contribution is 5.84. The number of carbonyl (C=O) groups is 1. The first-order valence-electron chi connectivity index (χ1n) is 7.78. The lowest BCUT2D eigenvalue weighted by Gasteiger charge is -2.34. The van der Waals surface area contributed by atoms with Crippen molar-refractivity contribution in [3.8, 4) is 0 Å².